The molecule has 3 aromatic rings. The molecule has 0 bridgehead atoms. The Morgan fingerprint density at radius 3 is 2.02 bits per heavy atom. The maximum absolute atomic E-state index is 13.8. The lowest BCUT2D eigenvalue weighted by atomic mass is 9.79. The zero-order valence-electron chi connectivity index (χ0n) is 24.1. The van der Waals surface area contributed by atoms with Gasteiger partial charge in [0, 0.05) is 47.5 Å². The van der Waals surface area contributed by atoms with Crippen LogP contribution in [-0.4, -0.2) is 60.5 Å². The lowest BCUT2D eigenvalue weighted by molar-refractivity contribution is -0.133. The highest BCUT2D eigenvalue weighted by Crippen LogP contribution is 2.43. The molecule has 0 spiro atoms. The standard InChI is InChI=1S/C34H38ClN3O3/c1-23-30(33(39)36-19-21-37(3)4)32(27-16-11-17-28(35)22-27)31(34(40)41)24(2)38(23)20-18-29(25-12-7-5-8-13-25)26-14-9-6-10-15-26/h5-17,22,29,32H,18-21H2,1-4H3,(H,36,39)(H,40,41). The Labute approximate surface area is 247 Å². The highest BCUT2D eigenvalue weighted by molar-refractivity contribution is 6.30. The topological polar surface area (TPSA) is 72.9 Å². The number of nitrogens with one attached hydrogen (secondary N) is 1. The largest absolute Gasteiger partial charge is 0.478 e. The molecule has 0 fully saturated rings. The van der Waals surface area contributed by atoms with Crippen LogP contribution < -0.4 is 5.32 Å². The van der Waals surface area contributed by atoms with Crippen LogP contribution in [0.5, 0.6) is 0 Å². The molecule has 0 aromatic heterocycles. The fraction of sp³-hybridized carbons (Fsp3) is 0.294. The summed E-state index contributed by atoms with van der Waals surface area (Å²) in [5, 5.41) is 14.0. The summed E-state index contributed by atoms with van der Waals surface area (Å²) in [6, 6.07) is 27.8. The van der Waals surface area contributed by atoms with Gasteiger partial charge in [0.1, 0.15) is 0 Å². The minimum Gasteiger partial charge on any atom is -0.478 e. The van der Waals surface area contributed by atoms with Crippen molar-refractivity contribution in [2.75, 3.05) is 33.7 Å². The average Bonchev–Trinajstić information content (AvgIpc) is 2.95. The zero-order chi connectivity index (χ0) is 29.5. The van der Waals surface area contributed by atoms with Crippen molar-refractivity contribution in [2.45, 2.75) is 32.1 Å². The van der Waals surface area contributed by atoms with E-state index in [1.807, 2.05) is 80.2 Å². The molecule has 214 valence electrons. The molecular formula is C34H38ClN3O3. The van der Waals surface area contributed by atoms with Crippen molar-refractivity contribution in [1.29, 1.82) is 0 Å². The number of aliphatic carboxylic acids is 1. The van der Waals surface area contributed by atoms with Crippen molar-refractivity contribution >= 4 is 23.5 Å². The molecule has 2 N–H and O–H groups in total. The highest BCUT2D eigenvalue weighted by atomic mass is 35.5. The van der Waals surface area contributed by atoms with Gasteiger partial charge in [-0.2, -0.15) is 0 Å². The summed E-state index contributed by atoms with van der Waals surface area (Å²) in [6.45, 7) is 5.41. The van der Waals surface area contributed by atoms with E-state index in [0.717, 1.165) is 12.1 Å². The number of halogens is 1. The first-order valence-corrected chi connectivity index (χ1v) is 14.3. The molecule has 1 heterocycles. The zero-order valence-corrected chi connectivity index (χ0v) is 24.9. The van der Waals surface area contributed by atoms with E-state index < -0.39 is 11.9 Å². The van der Waals surface area contributed by atoms with Crippen LogP contribution in [0, 0.1) is 0 Å². The number of carboxylic acid groups (broad SMARTS) is 1. The third-order valence-corrected chi connectivity index (χ3v) is 7.95. The van der Waals surface area contributed by atoms with Gasteiger partial charge in [0.25, 0.3) is 0 Å². The number of hydrogen-bond acceptors (Lipinski definition) is 4. The Morgan fingerprint density at radius 2 is 1.49 bits per heavy atom. The molecule has 7 heteroatoms. The van der Waals surface area contributed by atoms with E-state index in [-0.39, 0.29) is 17.4 Å². The number of carboxylic acids is 1. The molecule has 6 nitrogen and oxygen atoms in total. The van der Waals surface area contributed by atoms with Gasteiger partial charge < -0.3 is 20.2 Å². The van der Waals surface area contributed by atoms with Crippen LogP contribution in [0.3, 0.4) is 0 Å². The molecule has 4 rings (SSSR count). The molecule has 3 aromatic carbocycles. The fourth-order valence-electron chi connectivity index (χ4n) is 5.68. The van der Waals surface area contributed by atoms with Gasteiger partial charge in [0.05, 0.1) is 11.5 Å². The summed E-state index contributed by atoms with van der Waals surface area (Å²) in [5.74, 6) is -1.96. The predicted octanol–water partition coefficient (Wildman–Crippen LogP) is 6.27. The van der Waals surface area contributed by atoms with Crippen molar-refractivity contribution in [3.63, 3.8) is 0 Å². The second-order valence-electron chi connectivity index (χ2n) is 10.7. The minimum absolute atomic E-state index is 0.106. The first-order valence-electron chi connectivity index (χ1n) is 13.9. The molecule has 41 heavy (non-hydrogen) atoms. The number of rotatable bonds is 11. The first-order chi connectivity index (χ1) is 19.7. The Kier molecular flexibility index (Phi) is 10.0. The fourth-order valence-corrected chi connectivity index (χ4v) is 5.87. The molecule has 1 atom stereocenters. The number of amides is 1. The van der Waals surface area contributed by atoms with E-state index in [1.165, 1.54) is 11.1 Å². The number of benzene rings is 3. The van der Waals surface area contributed by atoms with Crippen LogP contribution in [0.4, 0.5) is 0 Å². The third kappa shape index (κ3) is 7.07. The average molecular weight is 572 g/mol. The number of carbonyl (C=O) groups is 2. The number of carbonyl (C=O) groups excluding carboxylic acids is 1. The van der Waals surface area contributed by atoms with E-state index in [1.54, 1.807) is 18.2 Å². The maximum Gasteiger partial charge on any atom is 0.334 e. The molecule has 1 amide bonds. The van der Waals surface area contributed by atoms with Crippen LogP contribution in [0.25, 0.3) is 0 Å². The summed E-state index contributed by atoms with van der Waals surface area (Å²) in [7, 11) is 3.89. The van der Waals surface area contributed by atoms with Gasteiger partial charge in [-0.15, -0.1) is 0 Å². The lowest BCUT2D eigenvalue weighted by Crippen LogP contribution is -2.40. The van der Waals surface area contributed by atoms with Crippen molar-refractivity contribution in [1.82, 2.24) is 15.1 Å². The minimum atomic E-state index is -1.05. The summed E-state index contributed by atoms with van der Waals surface area (Å²) in [5.41, 5.74) is 5.06. The van der Waals surface area contributed by atoms with E-state index >= 15 is 0 Å². The van der Waals surface area contributed by atoms with Gasteiger partial charge in [-0.05, 0) is 63.2 Å². The molecule has 1 unspecified atom stereocenters. The lowest BCUT2D eigenvalue weighted by Gasteiger charge is -2.38. The van der Waals surface area contributed by atoms with Gasteiger partial charge in [0.2, 0.25) is 5.91 Å². The van der Waals surface area contributed by atoms with Crippen molar-refractivity contribution < 1.29 is 14.7 Å². The molecule has 0 aliphatic carbocycles. The van der Waals surface area contributed by atoms with E-state index in [9.17, 15) is 14.7 Å². The Balaban J connectivity index is 1.77. The van der Waals surface area contributed by atoms with Gasteiger partial charge in [-0.1, -0.05) is 84.4 Å². The number of nitrogens with zero attached hydrogens (tertiary/aromatic N) is 2. The Bertz CT molecular complexity index is 1390. The van der Waals surface area contributed by atoms with Crippen LogP contribution in [0.1, 0.15) is 48.8 Å². The van der Waals surface area contributed by atoms with Gasteiger partial charge in [-0.3, -0.25) is 4.79 Å². The smallest absolute Gasteiger partial charge is 0.334 e. The Hall–Kier alpha value is -3.87. The van der Waals surface area contributed by atoms with Crippen LogP contribution >= 0.6 is 11.6 Å². The monoisotopic (exact) mass is 571 g/mol. The van der Waals surface area contributed by atoms with Crippen molar-refractivity contribution in [3.8, 4) is 0 Å². The second-order valence-corrected chi connectivity index (χ2v) is 11.1. The van der Waals surface area contributed by atoms with E-state index in [2.05, 4.69) is 29.6 Å². The van der Waals surface area contributed by atoms with Gasteiger partial charge >= 0.3 is 5.97 Å². The molecule has 1 aliphatic rings. The number of likely N-dealkylation sites (N-methyl/N-ethyl adjacent to an activating group) is 1. The highest BCUT2D eigenvalue weighted by Gasteiger charge is 2.39. The van der Waals surface area contributed by atoms with E-state index in [0.29, 0.717) is 41.5 Å². The number of hydrogen-bond donors (Lipinski definition) is 2. The molecule has 0 saturated carbocycles. The van der Waals surface area contributed by atoms with Crippen LogP contribution in [0.15, 0.2) is 107 Å². The maximum atomic E-state index is 13.8. The second kappa shape index (κ2) is 13.7. The molecule has 0 radical (unpaired) electrons. The Morgan fingerprint density at radius 1 is 0.902 bits per heavy atom. The predicted molar refractivity (Wildman–Crippen MR) is 165 cm³/mol. The van der Waals surface area contributed by atoms with Crippen LogP contribution in [-0.2, 0) is 9.59 Å². The van der Waals surface area contributed by atoms with E-state index in [4.69, 9.17) is 11.6 Å². The molecule has 1 aliphatic heterocycles. The van der Waals surface area contributed by atoms with Crippen LogP contribution in [0.2, 0.25) is 5.02 Å². The molecule has 0 saturated heterocycles. The normalized spacial score (nSPS) is 15.6. The quantitative estimate of drug-likeness (QED) is 0.284. The van der Waals surface area contributed by atoms with Gasteiger partial charge in [0.15, 0.2) is 0 Å². The van der Waals surface area contributed by atoms with Crippen molar-refractivity contribution in [3.05, 3.63) is 129 Å². The summed E-state index contributed by atoms with van der Waals surface area (Å²) in [4.78, 5) is 30.7. The summed E-state index contributed by atoms with van der Waals surface area (Å²) < 4.78 is 0. The number of allylic oxidation sites excluding steroid dienone is 2. The summed E-state index contributed by atoms with van der Waals surface area (Å²) in [6.07, 6.45) is 0.729. The van der Waals surface area contributed by atoms with Gasteiger partial charge in [-0.25, -0.2) is 4.79 Å². The SMILES string of the molecule is CC1=C(C(=O)O)C(c2cccc(Cl)c2)C(C(=O)NCCN(C)C)=C(C)N1CCC(c1ccccc1)c1ccccc1. The summed E-state index contributed by atoms with van der Waals surface area (Å²) >= 11 is 6.34. The third-order valence-electron chi connectivity index (χ3n) is 7.71. The van der Waals surface area contributed by atoms with Crippen molar-refractivity contribution in [2.24, 2.45) is 0 Å². The first kappa shape index (κ1) is 30.1. The molecular weight excluding hydrogens is 534 g/mol.